The van der Waals surface area contributed by atoms with Crippen molar-refractivity contribution in [3.05, 3.63) is 63.1 Å². The fourth-order valence-electron chi connectivity index (χ4n) is 2.72. The molecule has 3 aromatic rings. The molecule has 0 radical (unpaired) electrons. The molecular formula is C17H17BrN3O3+. The van der Waals surface area contributed by atoms with Crippen LogP contribution >= 0.6 is 15.9 Å². The van der Waals surface area contributed by atoms with Gasteiger partial charge in [-0.2, -0.15) is 0 Å². The Bertz CT molecular complexity index is 892. The zero-order valence-electron chi connectivity index (χ0n) is 12.8. The maximum Gasteiger partial charge on any atom is 0.323 e. The summed E-state index contributed by atoms with van der Waals surface area (Å²) in [6.07, 6.45) is 2.82. The van der Waals surface area contributed by atoms with E-state index in [-0.39, 0.29) is 17.2 Å². The van der Waals surface area contributed by atoms with Gasteiger partial charge in [0, 0.05) is 39.9 Å². The predicted octanol–water partition coefficient (Wildman–Crippen LogP) is 3.88. The number of aliphatic hydroxyl groups is 1. The minimum Gasteiger partial charge on any atom is -0.391 e. The third-order valence-electron chi connectivity index (χ3n) is 3.93. The molecule has 0 bridgehead atoms. The number of anilines is 1. The summed E-state index contributed by atoms with van der Waals surface area (Å²) in [6.45, 7) is 0.351. The second kappa shape index (κ2) is 7.02. The average molecular weight is 391 g/mol. The summed E-state index contributed by atoms with van der Waals surface area (Å²) >= 11 is 3.37. The van der Waals surface area contributed by atoms with E-state index in [0.717, 1.165) is 17.6 Å². The molecule has 0 spiro atoms. The second-order valence-electron chi connectivity index (χ2n) is 5.43. The zero-order chi connectivity index (χ0) is 17.1. The van der Waals surface area contributed by atoms with E-state index in [1.165, 1.54) is 17.0 Å². The van der Waals surface area contributed by atoms with Crippen LogP contribution in [0.4, 0.5) is 11.4 Å². The van der Waals surface area contributed by atoms with Crippen LogP contribution in [-0.4, -0.2) is 26.8 Å². The van der Waals surface area contributed by atoms with Gasteiger partial charge < -0.3 is 15.4 Å². The van der Waals surface area contributed by atoms with Gasteiger partial charge in [0.05, 0.1) is 17.1 Å². The average Bonchev–Trinajstić information content (AvgIpc) is 2.99. The molecule has 2 aromatic carbocycles. The van der Waals surface area contributed by atoms with E-state index in [9.17, 15) is 10.0 Å². The molecule has 0 aliphatic rings. The molecule has 24 heavy (non-hydrogen) atoms. The number of fused-ring (bicyclic) bond motifs is 1. The highest BCUT2D eigenvalue weighted by Gasteiger charge is 2.20. The monoisotopic (exact) mass is 390 g/mol. The fourth-order valence-corrected chi connectivity index (χ4v) is 3.19. The first-order valence-electron chi connectivity index (χ1n) is 7.48. The van der Waals surface area contributed by atoms with Crippen LogP contribution in [0.15, 0.2) is 47.1 Å². The van der Waals surface area contributed by atoms with Crippen molar-refractivity contribution in [1.82, 2.24) is 4.98 Å². The van der Waals surface area contributed by atoms with E-state index < -0.39 is 0 Å². The van der Waals surface area contributed by atoms with Crippen molar-refractivity contribution in [2.24, 2.45) is 0 Å². The first-order chi connectivity index (χ1) is 11.6. The van der Waals surface area contributed by atoms with Gasteiger partial charge >= 0.3 is 5.69 Å². The SMILES string of the molecule is O=[N+](O)c1cc(Br)c(NCCc2c[nH]c3ccccc23)cc1CO. The molecular weight excluding hydrogens is 374 g/mol. The fraction of sp³-hybridized carbons (Fsp3) is 0.176. The Morgan fingerprint density at radius 3 is 2.75 bits per heavy atom. The molecule has 1 heterocycles. The molecule has 4 N–H and O–H groups in total. The molecule has 1 aromatic heterocycles. The van der Waals surface area contributed by atoms with Gasteiger partial charge in [0.2, 0.25) is 0 Å². The highest BCUT2D eigenvalue weighted by molar-refractivity contribution is 9.10. The molecule has 0 saturated heterocycles. The highest BCUT2D eigenvalue weighted by Crippen LogP contribution is 2.31. The van der Waals surface area contributed by atoms with Crippen molar-refractivity contribution in [2.45, 2.75) is 13.0 Å². The summed E-state index contributed by atoms with van der Waals surface area (Å²) in [5, 5.41) is 22.9. The molecule has 0 aliphatic carbocycles. The van der Waals surface area contributed by atoms with E-state index in [2.05, 4.69) is 32.3 Å². The number of nitrogens with zero attached hydrogens (tertiary/aromatic N) is 1. The lowest BCUT2D eigenvalue weighted by Crippen LogP contribution is -2.07. The Hall–Kier alpha value is -2.38. The van der Waals surface area contributed by atoms with Gasteiger partial charge in [0.15, 0.2) is 0 Å². The van der Waals surface area contributed by atoms with E-state index in [0.29, 0.717) is 16.6 Å². The molecule has 0 unspecified atom stereocenters. The number of benzene rings is 2. The number of halogens is 1. The lowest BCUT2D eigenvalue weighted by molar-refractivity contribution is -0.730. The van der Waals surface area contributed by atoms with Crippen LogP contribution in [0.2, 0.25) is 0 Å². The number of hydrogen-bond donors (Lipinski definition) is 4. The first kappa shape index (κ1) is 16.5. The summed E-state index contributed by atoms with van der Waals surface area (Å²) in [6, 6.07) is 11.3. The van der Waals surface area contributed by atoms with Gasteiger partial charge in [-0.15, -0.1) is 0 Å². The first-order valence-corrected chi connectivity index (χ1v) is 8.27. The Morgan fingerprint density at radius 2 is 2.00 bits per heavy atom. The zero-order valence-corrected chi connectivity index (χ0v) is 14.4. The number of rotatable bonds is 6. The maximum absolute atomic E-state index is 11.1. The van der Waals surface area contributed by atoms with Gasteiger partial charge in [-0.05, 0) is 40.0 Å². The molecule has 0 amide bonds. The van der Waals surface area contributed by atoms with Crippen LogP contribution in [0.25, 0.3) is 10.9 Å². The summed E-state index contributed by atoms with van der Waals surface area (Å²) in [5.41, 5.74) is 3.45. The third-order valence-corrected chi connectivity index (χ3v) is 4.59. The minimum absolute atomic E-state index is 0.0200. The van der Waals surface area contributed by atoms with E-state index in [1.54, 1.807) is 6.07 Å². The van der Waals surface area contributed by atoms with E-state index in [4.69, 9.17) is 5.21 Å². The van der Waals surface area contributed by atoms with Crippen molar-refractivity contribution in [3.63, 3.8) is 0 Å². The minimum atomic E-state index is -0.334. The molecule has 6 nitrogen and oxygen atoms in total. The number of H-pyrrole nitrogens is 1. The quantitative estimate of drug-likeness (QED) is 0.481. The number of aliphatic hydroxyl groups excluding tert-OH is 1. The summed E-state index contributed by atoms with van der Waals surface area (Å²) in [5.74, 6) is 0. The number of aromatic amines is 1. The van der Waals surface area contributed by atoms with Crippen LogP contribution in [0.3, 0.4) is 0 Å². The van der Waals surface area contributed by atoms with Crippen LogP contribution in [0.1, 0.15) is 11.1 Å². The Morgan fingerprint density at radius 1 is 1.21 bits per heavy atom. The lowest BCUT2D eigenvalue weighted by Gasteiger charge is -2.09. The van der Waals surface area contributed by atoms with Gasteiger partial charge in [-0.25, -0.2) is 5.21 Å². The van der Waals surface area contributed by atoms with Crippen LogP contribution in [-0.2, 0) is 13.0 Å². The largest absolute Gasteiger partial charge is 0.391 e. The number of aromatic nitrogens is 1. The Kier molecular flexibility index (Phi) is 4.82. The van der Waals surface area contributed by atoms with Gasteiger partial charge in [0.1, 0.15) is 0 Å². The predicted molar refractivity (Wildman–Crippen MR) is 95.6 cm³/mol. The standard InChI is InChI=1S/C17H17BrN3O3/c18-14-8-17(21(23)24)12(10-22)7-16(14)19-6-5-11-9-20-15-4-2-1-3-13(11)15/h1-4,7-9,19-20,22H,5-6,10H2,(H,23,24)/q+1. The summed E-state index contributed by atoms with van der Waals surface area (Å²) in [4.78, 5) is 14.1. The molecule has 3 rings (SSSR count). The summed E-state index contributed by atoms with van der Waals surface area (Å²) in [7, 11) is 0. The van der Waals surface area contributed by atoms with Crippen molar-refractivity contribution in [1.29, 1.82) is 0 Å². The molecule has 0 fully saturated rings. The van der Waals surface area contributed by atoms with E-state index >= 15 is 0 Å². The van der Waals surface area contributed by atoms with Crippen molar-refractivity contribution < 1.29 is 15.2 Å². The van der Waals surface area contributed by atoms with Crippen LogP contribution in [0.5, 0.6) is 0 Å². The van der Waals surface area contributed by atoms with Gasteiger partial charge in [-0.3, -0.25) is 0 Å². The Balaban J connectivity index is 1.74. The van der Waals surface area contributed by atoms with Gasteiger partial charge in [-0.1, -0.05) is 18.2 Å². The third kappa shape index (κ3) is 3.27. The number of nitrogens with one attached hydrogen (secondary N) is 2. The molecule has 0 saturated carbocycles. The normalized spacial score (nSPS) is 10.9. The molecule has 0 atom stereocenters. The van der Waals surface area contributed by atoms with E-state index in [1.807, 2.05) is 24.4 Å². The van der Waals surface area contributed by atoms with Gasteiger partial charge in [0.25, 0.3) is 4.92 Å². The lowest BCUT2D eigenvalue weighted by atomic mass is 10.1. The van der Waals surface area contributed by atoms with Crippen LogP contribution < -0.4 is 5.32 Å². The maximum atomic E-state index is 11.1. The van der Waals surface area contributed by atoms with Crippen molar-refractivity contribution >= 4 is 38.2 Å². The summed E-state index contributed by atoms with van der Waals surface area (Å²) < 4.78 is 0.642. The smallest absolute Gasteiger partial charge is 0.323 e. The Labute approximate surface area is 146 Å². The number of para-hydroxylation sites is 1. The topological polar surface area (TPSA) is 88.4 Å². The van der Waals surface area contributed by atoms with Crippen molar-refractivity contribution in [2.75, 3.05) is 11.9 Å². The van der Waals surface area contributed by atoms with Crippen LogP contribution in [0, 0.1) is 4.91 Å². The molecule has 0 aliphatic heterocycles. The molecule has 124 valence electrons. The number of hydrogen-bond acceptors (Lipinski definition) is 3. The second-order valence-corrected chi connectivity index (χ2v) is 6.28. The molecule has 7 heteroatoms. The highest BCUT2D eigenvalue weighted by atomic mass is 79.9. The van der Waals surface area contributed by atoms with Crippen molar-refractivity contribution in [3.8, 4) is 0 Å².